The lowest BCUT2D eigenvalue weighted by atomic mass is 9.64. The van der Waals surface area contributed by atoms with E-state index in [1.807, 2.05) is 36.5 Å². The van der Waals surface area contributed by atoms with Crippen LogP contribution in [-0.2, 0) is 5.41 Å². The average Bonchev–Trinajstić information content (AvgIpc) is 3.46. The second-order valence-corrected chi connectivity index (χ2v) is 9.09. The second kappa shape index (κ2) is 8.30. The van der Waals surface area contributed by atoms with Crippen molar-refractivity contribution in [2.75, 3.05) is 0 Å². The molecule has 1 heterocycles. The van der Waals surface area contributed by atoms with Crippen LogP contribution in [0.3, 0.4) is 0 Å². The fourth-order valence-electron chi connectivity index (χ4n) is 5.98. The number of hydrogen-bond donors (Lipinski definition) is 0. The van der Waals surface area contributed by atoms with Crippen LogP contribution in [0.4, 0.5) is 0 Å². The maximum atomic E-state index is 11.2. The molecule has 2 aliphatic rings. The SMILES string of the molecule is CCC(Oc1ccc([C@@]2(c3ccc(C=O)cc3)CC3CC[C@@H]2C3)cc1)c1ccccn1. The number of carbonyl (C=O) groups excluding carboxylic acids is 1. The highest BCUT2D eigenvalue weighted by molar-refractivity contribution is 5.74. The molecular formula is C28H29NO2. The summed E-state index contributed by atoms with van der Waals surface area (Å²) in [5, 5.41) is 0. The fourth-order valence-corrected chi connectivity index (χ4v) is 5.98. The first-order chi connectivity index (χ1) is 15.2. The minimum atomic E-state index is -0.0422. The number of carbonyl (C=O) groups is 1. The van der Waals surface area contributed by atoms with Gasteiger partial charge in [0.1, 0.15) is 18.1 Å². The van der Waals surface area contributed by atoms with Gasteiger partial charge < -0.3 is 4.74 Å². The molecule has 2 aliphatic carbocycles. The van der Waals surface area contributed by atoms with Crippen LogP contribution >= 0.6 is 0 Å². The Bertz CT molecular complexity index is 1030. The summed E-state index contributed by atoms with van der Waals surface area (Å²) in [6.45, 7) is 2.13. The first kappa shape index (κ1) is 20.0. The largest absolute Gasteiger partial charge is 0.484 e. The van der Waals surface area contributed by atoms with Crippen LogP contribution < -0.4 is 4.74 Å². The van der Waals surface area contributed by atoms with Crippen LogP contribution in [0.1, 0.15) is 72.3 Å². The Kier molecular flexibility index (Phi) is 5.35. The smallest absolute Gasteiger partial charge is 0.150 e. The lowest BCUT2D eigenvalue weighted by molar-refractivity contribution is 0.112. The maximum Gasteiger partial charge on any atom is 0.150 e. The van der Waals surface area contributed by atoms with E-state index in [-0.39, 0.29) is 11.5 Å². The lowest BCUT2D eigenvalue weighted by Gasteiger charge is -2.39. The van der Waals surface area contributed by atoms with Gasteiger partial charge in [0.2, 0.25) is 0 Å². The number of pyridine rings is 1. The summed E-state index contributed by atoms with van der Waals surface area (Å²) in [6, 6.07) is 23.0. The highest BCUT2D eigenvalue weighted by Crippen LogP contribution is 2.60. The van der Waals surface area contributed by atoms with Crippen molar-refractivity contribution in [1.82, 2.24) is 4.98 Å². The first-order valence-electron chi connectivity index (χ1n) is 11.5. The van der Waals surface area contributed by atoms with Crippen molar-refractivity contribution < 1.29 is 9.53 Å². The van der Waals surface area contributed by atoms with E-state index in [0.717, 1.165) is 35.6 Å². The quantitative estimate of drug-likeness (QED) is 0.415. The van der Waals surface area contributed by atoms with E-state index in [9.17, 15) is 4.79 Å². The molecule has 3 heteroatoms. The van der Waals surface area contributed by atoms with Gasteiger partial charge in [0, 0.05) is 17.2 Å². The first-order valence-corrected chi connectivity index (χ1v) is 11.5. The Labute approximate surface area is 184 Å². The van der Waals surface area contributed by atoms with Gasteiger partial charge in [-0.2, -0.15) is 0 Å². The Morgan fingerprint density at radius 2 is 1.77 bits per heavy atom. The standard InChI is InChI=1S/C28H29NO2/c1-2-27(26-5-3-4-16-29-26)31-25-14-12-23(13-15-25)28(18-21-8-11-24(28)17-21)22-9-6-20(19-30)7-10-22/h3-7,9-10,12-16,19,21,24,27H,2,8,11,17-18H2,1H3/t21?,24-,27?,28+/m1/s1. The molecule has 2 unspecified atom stereocenters. The molecule has 0 amide bonds. The minimum absolute atomic E-state index is 0.0422. The molecule has 3 aromatic rings. The van der Waals surface area contributed by atoms with Gasteiger partial charge in [-0.15, -0.1) is 0 Å². The van der Waals surface area contributed by atoms with E-state index in [4.69, 9.17) is 4.74 Å². The Morgan fingerprint density at radius 3 is 2.32 bits per heavy atom. The number of rotatable bonds is 7. The number of ether oxygens (including phenoxy) is 1. The minimum Gasteiger partial charge on any atom is -0.484 e. The molecule has 0 radical (unpaired) electrons. The lowest BCUT2D eigenvalue weighted by Crippen LogP contribution is -2.34. The molecular weight excluding hydrogens is 382 g/mol. The summed E-state index contributed by atoms with van der Waals surface area (Å²) in [6.07, 6.45) is 8.72. The maximum absolute atomic E-state index is 11.2. The Hall–Kier alpha value is -2.94. The molecule has 5 rings (SSSR count). The van der Waals surface area contributed by atoms with Crippen LogP contribution in [0.5, 0.6) is 5.75 Å². The van der Waals surface area contributed by atoms with Crippen LogP contribution in [0, 0.1) is 11.8 Å². The number of nitrogens with zero attached hydrogens (tertiary/aromatic N) is 1. The van der Waals surface area contributed by atoms with Crippen molar-refractivity contribution in [1.29, 1.82) is 0 Å². The van der Waals surface area contributed by atoms with Crippen LogP contribution in [0.2, 0.25) is 0 Å². The fraction of sp³-hybridized carbons (Fsp3) is 0.357. The third kappa shape index (κ3) is 3.56. The zero-order chi connectivity index (χ0) is 21.3. The van der Waals surface area contributed by atoms with Crippen molar-refractivity contribution >= 4 is 6.29 Å². The highest BCUT2D eigenvalue weighted by atomic mass is 16.5. The van der Waals surface area contributed by atoms with Gasteiger partial charge in [0.25, 0.3) is 0 Å². The number of hydrogen-bond acceptors (Lipinski definition) is 3. The van der Waals surface area contributed by atoms with Gasteiger partial charge in [-0.05, 0) is 72.9 Å². The van der Waals surface area contributed by atoms with Crippen LogP contribution in [-0.4, -0.2) is 11.3 Å². The second-order valence-electron chi connectivity index (χ2n) is 9.09. The normalized spacial score (nSPS) is 25.3. The van der Waals surface area contributed by atoms with E-state index in [1.54, 1.807) is 0 Å². The van der Waals surface area contributed by atoms with E-state index in [1.165, 1.54) is 36.8 Å². The number of aldehydes is 1. The monoisotopic (exact) mass is 411 g/mol. The van der Waals surface area contributed by atoms with Gasteiger partial charge in [0.15, 0.2) is 0 Å². The zero-order valence-corrected chi connectivity index (χ0v) is 18.0. The molecule has 0 aliphatic heterocycles. The summed E-state index contributed by atoms with van der Waals surface area (Å²) >= 11 is 0. The third-order valence-electron chi connectivity index (χ3n) is 7.45. The average molecular weight is 412 g/mol. The predicted octanol–water partition coefficient (Wildman–Crippen LogP) is 6.53. The molecule has 2 fully saturated rings. The molecule has 2 saturated carbocycles. The van der Waals surface area contributed by atoms with Crippen molar-refractivity contribution in [3.05, 3.63) is 95.3 Å². The topological polar surface area (TPSA) is 39.2 Å². The number of fused-ring (bicyclic) bond motifs is 2. The summed E-state index contributed by atoms with van der Waals surface area (Å²) in [7, 11) is 0. The van der Waals surface area contributed by atoms with Gasteiger partial charge in [0.05, 0.1) is 5.69 Å². The molecule has 2 bridgehead atoms. The van der Waals surface area contributed by atoms with Gasteiger partial charge in [-0.25, -0.2) is 0 Å². The van der Waals surface area contributed by atoms with Crippen LogP contribution in [0.15, 0.2) is 72.9 Å². The predicted molar refractivity (Wildman–Crippen MR) is 122 cm³/mol. The molecule has 0 N–H and O–H groups in total. The van der Waals surface area contributed by atoms with E-state index < -0.39 is 0 Å². The summed E-state index contributed by atoms with van der Waals surface area (Å²) < 4.78 is 6.30. The van der Waals surface area contributed by atoms with Crippen molar-refractivity contribution in [2.45, 2.75) is 50.5 Å². The zero-order valence-electron chi connectivity index (χ0n) is 18.0. The molecule has 3 nitrogen and oxygen atoms in total. The number of aromatic nitrogens is 1. The molecule has 4 atom stereocenters. The summed E-state index contributed by atoms with van der Waals surface area (Å²) in [4.78, 5) is 15.6. The number of benzene rings is 2. The molecule has 0 saturated heterocycles. The molecule has 2 aromatic carbocycles. The third-order valence-corrected chi connectivity index (χ3v) is 7.45. The van der Waals surface area contributed by atoms with Gasteiger partial charge >= 0.3 is 0 Å². The van der Waals surface area contributed by atoms with Crippen LogP contribution in [0.25, 0.3) is 0 Å². The molecule has 31 heavy (non-hydrogen) atoms. The van der Waals surface area contributed by atoms with Crippen molar-refractivity contribution in [3.8, 4) is 5.75 Å². The molecule has 0 spiro atoms. The van der Waals surface area contributed by atoms with E-state index in [0.29, 0.717) is 5.92 Å². The van der Waals surface area contributed by atoms with Gasteiger partial charge in [-0.1, -0.05) is 55.8 Å². The van der Waals surface area contributed by atoms with Crippen molar-refractivity contribution in [2.24, 2.45) is 11.8 Å². The van der Waals surface area contributed by atoms with Crippen molar-refractivity contribution in [3.63, 3.8) is 0 Å². The molecule has 1 aromatic heterocycles. The Morgan fingerprint density at radius 1 is 1.03 bits per heavy atom. The summed E-state index contributed by atoms with van der Waals surface area (Å²) in [5.74, 6) is 2.36. The van der Waals surface area contributed by atoms with E-state index >= 15 is 0 Å². The Balaban J connectivity index is 1.45. The van der Waals surface area contributed by atoms with Gasteiger partial charge in [-0.3, -0.25) is 9.78 Å². The van der Waals surface area contributed by atoms with E-state index in [2.05, 4.69) is 48.3 Å². The molecule has 158 valence electrons. The highest BCUT2D eigenvalue weighted by Gasteiger charge is 2.52. The summed E-state index contributed by atoms with van der Waals surface area (Å²) in [5.41, 5.74) is 4.48.